The van der Waals surface area contributed by atoms with Crippen LogP contribution >= 0.6 is 0 Å². The molecule has 0 aliphatic heterocycles. The van der Waals surface area contributed by atoms with Crippen molar-refractivity contribution in [2.24, 2.45) is 5.92 Å². The molecule has 0 spiro atoms. The van der Waals surface area contributed by atoms with E-state index in [-0.39, 0.29) is 5.56 Å². The normalized spacial score (nSPS) is 16.0. The molecule has 23 heavy (non-hydrogen) atoms. The van der Waals surface area contributed by atoms with E-state index in [0.29, 0.717) is 22.9 Å². The topological polar surface area (TPSA) is 63.6 Å². The second-order valence-electron chi connectivity index (χ2n) is 6.35. The third kappa shape index (κ3) is 2.79. The van der Waals surface area contributed by atoms with E-state index in [1.807, 2.05) is 34.9 Å². The largest absolute Gasteiger partial charge is 0.324 e. The number of nitrogens with zero attached hydrogens (tertiary/aromatic N) is 3. The Labute approximate surface area is 134 Å². The predicted molar refractivity (Wildman–Crippen MR) is 90.2 cm³/mol. The van der Waals surface area contributed by atoms with Gasteiger partial charge in [0.15, 0.2) is 11.2 Å². The summed E-state index contributed by atoms with van der Waals surface area (Å²) in [6.07, 6.45) is 8.17. The van der Waals surface area contributed by atoms with E-state index in [4.69, 9.17) is 0 Å². The first kappa shape index (κ1) is 14.2. The Bertz CT molecular complexity index is 860. The van der Waals surface area contributed by atoms with Gasteiger partial charge in [-0.2, -0.15) is 0 Å². The summed E-state index contributed by atoms with van der Waals surface area (Å²) in [6.45, 7) is 0.867. The van der Waals surface area contributed by atoms with Crippen LogP contribution < -0.4 is 5.56 Å². The van der Waals surface area contributed by atoms with Crippen LogP contribution in [0.2, 0.25) is 0 Å². The molecule has 0 atom stereocenters. The smallest absolute Gasteiger partial charge is 0.277 e. The fourth-order valence-corrected chi connectivity index (χ4v) is 3.51. The molecule has 0 amide bonds. The van der Waals surface area contributed by atoms with Crippen LogP contribution in [0.25, 0.3) is 22.6 Å². The molecule has 2 aromatic heterocycles. The number of nitrogens with one attached hydrogen (secondary N) is 1. The van der Waals surface area contributed by atoms with E-state index in [9.17, 15) is 4.79 Å². The zero-order valence-corrected chi connectivity index (χ0v) is 13.0. The van der Waals surface area contributed by atoms with Crippen molar-refractivity contribution in [3.63, 3.8) is 0 Å². The lowest BCUT2D eigenvalue weighted by Gasteiger charge is -2.21. The Morgan fingerprint density at radius 2 is 1.91 bits per heavy atom. The van der Waals surface area contributed by atoms with Crippen molar-refractivity contribution in [1.29, 1.82) is 0 Å². The van der Waals surface area contributed by atoms with E-state index in [2.05, 4.69) is 15.0 Å². The van der Waals surface area contributed by atoms with Gasteiger partial charge in [-0.1, -0.05) is 49.6 Å². The van der Waals surface area contributed by atoms with Crippen LogP contribution in [0.15, 0.2) is 41.5 Å². The van der Waals surface area contributed by atoms with Gasteiger partial charge in [-0.05, 0) is 18.8 Å². The van der Waals surface area contributed by atoms with Crippen LogP contribution in [0.1, 0.15) is 32.1 Å². The number of benzene rings is 1. The van der Waals surface area contributed by atoms with Crippen LogP contribution in [0.5, 0.6) is 0 Å². The van der Waals surface area contributed by atoms with E-state index >= 15 is 0 Å². The minimum Gasteiger partial charge on any atom is -0.324 e. The summed E-state index contributed by atoms with van der Waals surface area (Å²) in [7, 11) is 0. The standard InChI is InChI=1S/C18H20N4O/c23-18-15-17(20-16(21-18)14-9-5-2-6-10-14)19-12-22(15)11-13-7-3-1-4-8-13/h2,5-6,9-10,12-13H,1,3-4,7-8,11H2,(H,20,21,23). The minimum absolute atomic E-state index is 0.109. The number of hydrogen-bond acceptors (Lipinski definition) is 3. The monoisotopic (exact) mass is 308 g/mol. The molecule has 118 valence electrons. The zero-order valence-electron chi connectivity index (χ0n) is 13.0. The van der Waals surface area contributed by atoms with Crippen molar-refractivity contribution in [2.75, 3.05) is 0 Å². The quantitative estimate of drug-likeness (QED) is 0.807. The maximum Gasteiger partial charge on any atom is 0.277 e. The maximum absolute atomic E-state index is 12.5. The summed E-state index contributed by atoms with van der Waals surface area (Å²) >= 11 is 0. The van der Waals surface area contributed by atoms with Crippen molar-refractivity contribution in [2.45, 2.75) is 38.6 Å². The first-order valence-electron chi connectivity index (χ1n) is 8.32. The van der Waals surface area contributed by atoms with Crippen LogP contribution in [0.3, 0.4) is 0 Å². The summed E-state index contributed by atoms with van der Waals surface area (Å²) in [6, 6.07) is 9.67. The number of aromatic nitrogens is 4. The van der Waals surface area contributed by atoms with Gasteiger partial charge in [-0.15, -0.1) is 0 Å². The summed E-state index contributed by atoms with van der Waals surface area (Å²) in [4.78, 5) is 24.3. The van der Waals surface area contributed by atoms with Gasteiger partial charge < -0.3 is 9.55 Å². The van der Waals surface area contributed by atoms with E-state index < -0.39 is 0 Å². The summed E-state index contributed by atoms with van der Waals surface area (Å²) < 4.78 is 1.98. The Morgan fingerprint density at radius 3 is 2.70 bits per heavy atom. The Hall–Kier alpha value is -2.43. The van der Waals surface area contributed by atoms with E-state index in [1.54, 1.807) is 6.33 Å². The van der Waals surface area contributed by atoms with Gasteiger partial charge in [-0.25, -0.2) is 9.97 Å². The van der Waals surface area contributed by atoms with Gasteiger partial charge in [0, 0.05) is 12.1 Å². The molecule has 1 fully saturated rings. The highest BCUT2D eigenvalue weighted by Crippen LogP contribution is 2.26. The molecule has 3 aromatic rings. The molecule has 1 aromatic carbocycles. The van der Waals surface area contributed by atoms with Crippen molar-refractivity contribution in [1.82, 2.24) is 19.5 Å². The molecule has 1 aliphatic carbocycles. The lowest BCUT2D eigenvalue weighted by Crippen LogP contribution is -2.18. The van der Waals surface area contributed by atoms with Crippen LogP contribution in [-0.4, -0.2) is 19.5 Å². The molecule has 0 saturated heterocycles. The predicted octanol–water partition coefficient (Wildman–Crippen LogP) is 3.37. The average Bonchev–Trinajstić information content (AvgIpc) is 3.00. The van der Waals surface area contributed by atoms with Gasteiger partial charge in [0.2, 0.25) is 0 Å². The Balaban J connectivity index is 1.71. The molecule has 0 unspecified atom stereocenters. The molecule has 2 heterocycles. The molecule has 5 nitrogen and oxygen atoms in total. The van der Waals surface area contributed by atoms with Crippen LogP contribution in [0.4, 0.5) is 0 Å². The maximum atomic E-state index is 12.5. The number of rotatable bonds is 3. The van der Waals surface area contributed by atoms with Crippen LogP contribution in [-0.2, 0) is 6.54 Å². The van der Waals surface area contributed by atoms with Crippen molar-refractivity contribution in [3.05, 3.63) is 47.0 Å². The highest BCUT2D eigenvalue weighted by molar-refractivity contribution is 5.72. The van der Waals surface area contributed by atoms with Crippen molar-refractivity contribution < 1.29 is 0 Å². The number of H-pyrrole nitrogens is 1. The minimum atomic E-state index is -0.109. The third-order valence-electron chi connectivity index (χ3n) is 4.71. The number of fused-ring (bicyclic) bond motifs is 1. The highest BCUT2D eigenvalue weighted by Gasteiger charge is 2.17. The van der Waals surface area contributed by atoms with Gasteiger partial charge >= 0.3 is 0 Å². The second-order valence-corrected chi connectivity index (χ2v) is 6.35. The fourth-order valence-electron chi connectivity index (χ4n) is 3.51. The summed E-state index contributed by atoms with van der Waals surface area (Å²) in [5, 5.41) is 0. The van der Waals surface area contributed by atoms with E-state index in [0.717, 1.165) is 12.1 Å². The molecule has 0 bridgehead atoms. The third-order valence-corrected chi connectivity index (χ3v) is 4.71. The molecule has 1 saturated carbocycles. The van der Waals surface area contributed by atoms with Crippen LogP contribution in [0, 0.1) is 5.92 Å². The van der Waals surface area contributed by atoms with Gasteiger partial charge in [0.1, 0.15) is 5.82 Å². The first-order valence-corrected chi connectivity index (χ1v) is 8.32. The molecule has 4 rings (SSSR count). The van der Waals surface area contributed by atoms with Crippen molar-refractivity contribution in [3.8, 4) is 11.4 Å². The molecule has 1 N–H and O–H groups in total. The average molecular weight is 308 g/mol. The number of aromatic amines is 1. The summed E-state index contributed by atoms with van der Waals surface area (Å²) in [5.74, 6) is 1.22. The molecule has 1 aliphatic rings. The molecular weight excluding hydrogens is 288 g/mol. The highest BCUT2D eigenvalue weighted by atomic mass is 16.1. The fraction of sp³-hybridized carbons (Fsp3) is 0.389. The first-order chi connectivity index (χ1) is 11.3. The second kappa shape index (κ2) is 5.99. The molecule has 0 radical (unpaired) electrons. The molecular formula is C18H20N4O. The Kier molecular flexibility index (Phi) is 3.69. The van der Waals surface area contributed by atoms with Gasteiger partial charge in [-0.3, -0.25) is 4.79 Å². The molecule has 5 heteroatoms. The number of imidazole rings is 1. The van der Waals surface area contributed by atoms with Crippen molar-refractivity contribution >= 4 is 11.2 Å². The van der Waals surface area contributed by atoms with Gasteiger partial charge in [0.25, 0.3) is 5.56 Å². The van der Waals surface area contributed by atoms with E-state index in [1.165, 1.54) is 32.1 Å². The lowest BCUT2D eigenvalue weighted by molar-refractivity contribution is 0.322. The summed E-state index contributed by atoms with van der Waals surface area (Å²) in [5.41, 5.74) is 1.91. The number of hydrogen-bond donors (Lipinski definition) is 1. The SMILES string of the molecule is O=c1[nH]c(-c2ccccc2)nc2ncn(CC3CCCCC3)c12. The Morgan fingerprint density at radius 1 is 1.13 bits per heavy atom. The van der Waals surface area contributed by atoms with Gasteiger partial charge in [0.05, 0.1) is 6.33 Å². The lowest BCUT2D eigenvalue weighted by atomic mass is 9.89. The zero-order chi connectivity index (χ0) is 15.6.